The van der Waals surface area contributed by atoms with E-state index in [1.54, 1.807) is 0 Å². The third-order valence-corrected chi connectivity index (χ3v) is 3.82. The summed E-state index contributed by atoms with van der Waals surface area (Å²) < 4.78 is 5.84. The fourth-order valence-corrected chi connectivity index (χ4v) is 2.62. The lowest BCUT2D eigenvalue weighted by Gasteiger charge is -2.19. The van der Waals surface area contributed by atoms with E-state index in [1.165, 1.54) is 32.1 Å². The highest BCUT2D eigenvalue weighted by molar-refractivity contribution is 9.09. The Morgan fingerprint density at radius 1 is 1.14 bits per heavy atom. The minimum atomic E-state index is -1.30. The Balaban J connectivity index is 3.32. The summed E-state index contributed by atoms with van der Waals surface area (Å²) in [5.74, 6) is 0. The molecule has 0 spiro atoms. The van der Waals surface area contributed by atoms with Gasteiger partial charge in [0.1, 0.15) is 0 Å². The van der Waals surface area contributed by atoms with E-state index in [-0.39, 0.29) is 0 Å². The molecule has 0 aliphatic rings. The van der Waals surface area contributed by atoms with E-state index < -0.39 is 8.32 Å². The molecule has 0 rings (SSSR count). The van der Waals surface area contributed by atoms with Crippen molar-refractivity contribution >= 4 is 24.2 Å². The van der Waals surface area contributed by atoms with Gasteiger partial charge >= 0.3 is 0 Å². The molecule has 0 N–H and O–H groups in total. The van der Waals surface area contributed by atoms with Crippen LogP contribution in [0.2, 0.25) is 19.6 Å². The van der Waals surface area contributed by atoms with Crippen molar-refractivity contribution in [1.29, 1.82) is 0 Å². The van der Waals surface area contributed by atoms with Gasteiger partial charge < -0.3 is 4.43 Å². The standard InChI is InChI=1S/C11H25BrOSi/c1-5-6-7-8-9-11(12)10-13-14(2,3)4/h11H,5-10H2,1-4H3. The number of hydrogen-bond acceptors (Lipinski definition) is 1. The molecule has 0 amide bonds. The first-order valence-corrected chi connectivity index (χ1v) is 10.1. The van der Waals surface area contributed by atoms with E-state index in [2.05, 4.69) is 42.5 Å². The van der Waals surface area contributed by atoms with Gasteiger partial charge in [-0.05, 0) is 26.1 Å². The number of halogens is 1. The largest absolute Gasteiger partial charge is 0.416 e. The average Bonchev–Trinajstić information content (AvgIpc) is 2.08. The Morgan fingerprint density at radius 2 is 1.79 bits per heavy atom. The molecule has 0 saturated heterocycles. The Hall–Kier alpha value is 0.657. The van der Waals surface area contributed by atoms with Crippen LogP contribution < -0.4 is 0 Å². The van der Waals surface area contributed by atoms with E-state index in [4.69, 9.17) is 4.43 Å². The van der Waals surface area contributed by atoms with E-state index in [1.807, 2.05) is 0 Å². The van der Waals surface area contributed by atoms with Gasteiger partial charge in [0.2, 0.25) is 0 Å². The molecular formula is C11H25BrOSi. The molecule has 14 heavy (non-hydrogen) atoms. The van der Waals surface area contributed by atoms with Crippen molar-refractivity contribution in [1.82, 2.24) is 0 Å². The highest BCUT2D eigenvalue weighted by atomic mass is 79.9. The molecule has 1 unspecified atom stereocenters. The van der Waals surface area contributed by atoms with Gasteiger partial charge in [0.05, 0.1) is 0 Å². The summed E-state index contributed by atoms with van der Waals surface area (Å²) in [6, 6.07) is 0. The molecule has 0 bridgehead atoms. The van der Waals surface area contributed by atoms with Gasteiger partial charge in [0.15, 0.2) is 8.32 Å². The number of unbranched alkanes of at least 4 members (excludes halogenated alkanes) is 3. The smallest absolute Gasteiger partial charge is 0.183 e. The van der Waals surface area contributed by atoms with Crippen molar-refractivity contribution in [3.05, 3.63) is 0 Å². The number of hydrogen-bond donors (Lipinski definition) is 0. The van der Waals surface area contributed by atoms with Crippen LogP contribution in [0.25, 0.3) is 0 Å². The van der Waals surface area contributed by atoms with E-state index in [0.717, 1.165) is 6.61 Å². The molecule has 86 valence electrons. The molecule has 0 radical (unpaired) electrons. The molecule has 0 aliphatic heterocycles. The normalized spacial score (nSPS) is 14.4. The first kappa shape index (κ1) is 14.7. The predicted molar refractivity (Wildman–Crippen MR) is 70.8 cm³/mol. The monoisotopic (exact) mass is 280 g/mol. The fourth-order valence-electron chi connectivity index (χ4n) is 1.22. The van der Waals surface area contributed by atoms with Gasteiger partial charge in [0.25, 0.3) is 0 Å². The van der Waals surface area contributed by atoms with Gasteiger partial charge in [0, 0.05) is 11.4 Å². The van der Waals surface area contributed by atoms with Gasteiger partial charge in [-0.25, -0.2) is 0 Å². The van der Waals surface area contributed by atoms with Gasteiger partial charge in [-0.2, -0.15) is 0 Å². The lowest BCUT2D eigenvalue weighted by atomic mass is 10.1. The molecule has 0 saturated carbocycles. The summed E-state index contributed by atoms with van der Waals surface area (Å²) in [6.07, 6.45) is 6.64. The van der Waals surface area contributed by atoms with Gasteiger partial charge in [-0.1, -0.05) is 48.5 Å². The zero-order valence-electron chi connectivity index (χ0n) is 10.1. The SMILES string of the molecule is CCCCCCC(Br)CO[Si](C)(C)C. The molecule has 0 heterocycles. The topological polar surface area (TPSA) is 9.23 Å². The summed E-state index contributed by atoms with van der Waals surface area (Å²) in [4.78, 5) is 0.561. The van der Waals surface area contributed by atoms with Crippen LogP contribution in [0.1, 0.15) is 39.0 Å². The van der Waals surface area contributed by atoms with E-state index in [9.17, 15) is 0 Å². The summed E-state index contributed by atoms with van der Waals surface area (Å²) in [5.41, 5.74) is 0. The van der Waals surface area contributed by atoms with Gasteiger partial charge in [-0.15, -0.1) is 0 Å². The summed E-state index contributed by atoms with van der Waals surface area (Å²) >= 11 is 3.68. The molecule has 3 heteroatoms. The highest BCUT2D eigenvalue weighted by Crippen LogP contribution is 2.14. The Morgan fingerprint density at radius 3 is 2.29 bits per heavy atom. The fraction of sp³-hybridized carbons (Fsp3) is 1.00. The maximum absolute atomic E-state index is 5.84. The van der Waals surface area contributed by atoms with Crippen molar-refractivity contribution in [2.24, 2.45) is 0 Å². The van der Waals surface area contributed by atoms with Crippen molar-refractivity contribution in [3.63, 3.8) is 0 Å². The lowest BCUT2D eigenvalue weighted by Crippen LogP contribution is -2.28. The quantitative estimate of drug-likeness (QED) is 0.360. The molecule has 1 atom stereocenters. The molecule has 0 aromatic heterocycles. The second-order valence-corrected chi connectivity index (χ2v) is 10.7. The van der Waals surface area contributed by atoms with Crippen molar-refractivity contribution in [3.8, 4) is 0 Å². The van der Waals surface area contributed by atoms with Crippen molar-refractivity contribution in [2.45, 2.75) is 63.5 Å². The molecule has 0 fully saturated rings. The van der Waals surface area contributed by atoms with Crippen LogP contribution in [0.5, 0.6) is 0 Å². The first-order chi connectivity index (χ1) is 6.45. The van der Waals surface area contributed by atoms with Gasteiger partial charge in [-0.3, -0.25) is 0 Å². The Labute approximate surface area is 98.9 Å². The summed E-state index contributed by atoms with van der Waals surface area (Å²) in [7, 11) is -1.30. The first-order valence-electron chi connectivity index (χ1n) is 5.73. The van der Waals surface area contributed by atoms with Crippen LogP contribution in [-0.2, 0) is 4.43 Å². The van der Waals surface area contributed by atoms with E-state index >= 15 is 0 Å². The van der Waals surface area contributed by atoms with E-state index in [0.29, 0.717) is 4.83 Å². The summed E-state index contributed by atoms with van der Waals surface area (Å²) in [6.45, 7) is 9.86. The van der Waals surface area contributed by atoms with Crippen LogP contribution in [0.15, 0.2) is 0 Å². The second kappa shape index (κ2) is 7.89. The summed E-state index contributed by atoms with van der Waals surface area (Å²) in [5, 5.41) is 0. The minimum Gasteiger partial charge on any atom is -0.416 e. The molecule has 0 aromatic carbocycles. The average molecular weight is 281 g/mol. The number of rotatable bonds is 8. The van der Waals surface area contributed by atoms with Crippen LogP contribution >= 0.6 is 15.9 Å². The predicted octanol–water partition coefficient (Wildman–Crippen LogP) is 4.57. The lowest BCUT2D eigenvalue weighted by molar-refractivity contribution is 0.306. The third kappa shape index (κ3) is 10.7. The van der Waals surface area contributed by atoms with Crippen molar-refractivity contribution in [2.75, 3.05) is 6.61 Å². The number of alkyl halides is 1. The minimum absolute atomic E-state index is 0.561. The molecule has 1 nitrogen and oxygen atoms in total. The van der Waals surface area contributed by atoms with Crippen molar-refractivity contribution < 1.29 is 4.43 Å². The van der Waals surface area contributed by atoms with Crippen LogP contribution in [-0.4, -0.2) is 19.8 Å². The van der Waals surface area contributed by atoms with Crippen LogP contribution in [0, 0.1) is 0 Å². The molecule has 0 aromatic rings. The van der Waals surface area contributed by atoms with Crippen LogP contribution in [0.4, 0.5) is 0 Å². The molecule has 0 aliphatic carbocycles. The molecular weight excluding hydrogens is 256 g/mol. The third-order valence-electron chi connectivity index (χ3n) is 2.07. The van der Waals surface area contributed by atoms with Crippen LogP contribution in [0.3, 0.4) is 0 Å². The second-order valence-electron chi connectivity index (χ2n) is 4.87. The Bertz CT molecular complexity index is 134. The maximum Gasteiger partial charge on any atom is 0.183 e. The zero-order chi connectivity index (χ0) is 11.0. The zero-order valence-corrected chi connectivity index (χ0v) is 12.7. The highest BCUT2D eigenvalue weighted by Gasteiger charge is 2.15. The Kier molecular flexibility index (Phi) is 8.26. The maximum atomic E-state index is 5.84.